The van der Waals surface area contributed by atoms with E-state index < -0.39 is 22.7 Å². The topological polar surface area (TPSA) is 72.7 Å². The van der Waals surface area contributed by atoms with Crippen molar-refractivity contribution in [3.05, 3.63) is 62.1 Å². The molecule has 0 unspecified atom stereocenters. The lowest BCUT2D eigenvalue weighted by atomic mass is 10.1. The molecule has 1 heterocycles. The Morgan fingerprint density at radius 1 is 1.29 bits per heavy atom. The summed E-state index contributed by atoms with van der Waals surface area (Å²) in [5, 5.41) is 10.6. The first-order valence-corrected chi connectivity index (χ1v) is 7.58. The lowest BCUT2D eigenvalue weighted by molar-refractivity contribution is -0.384. The van der Waals surface area contributed by atoms with Crippen molar-refractivity contribution in [1.82, 2.24) is 0 Å². The molecule has 1 aliphatic heterocycles. The van der Waals surface area contributed by atoms with E-state index in [1.165, 1.54) is 24.3 Å². The predicted molar refractivity (Wildman–Crippen MR) is 84.2 cm³/mol. The van der Waals surface area contributed by atoms with Gasteiger partial charge in [0.25, 0.3) is 5.69 Å². The summed E-state index contributed by atoms with van der Waals surface area (Å²) < 4.78 is 32.5. The molecular formula is C15H9BrF2N2O4. The molecule has 0 N–H and O–H groups in total. The van der Waals surface area contributed by atoms with E-state index in [1.54, 1.807) is 0 Å². The fourth-order valence-corrected chi connectivity index (χ4v) is 2.78. The van der Waals surface area contributed by atoms with Crippen LogP contribution in [0.1, 0.15) is 5.56 Å². The molecule has 0 spiro atoms. The Bertz CT molecular complexity index is 842. The summed E-state index contributed by atoms with van der Waals surface area (Å²) in [5.74, 6) is -1.46. The number of carbonyl (C=O) groups excluding carboxylic acids is 1. The smallest absolute Gasteiger partial charge is 0.410 e. The Morgan fingerprint density at radius 3 is 2.58 bits per heavy atom. The van der Waals surface area contributed by atoms with E-state index in [1.807, 2.05) is 0 Å². The van der Waals surface area contributed by atoms with Crippen LogP contribution >= 0.6 is 15.9 Å². The number of non-ortho nitro benzene ring substituents is 1. The molecule has 0 saturated heterocycles. The van der Waals surface area contributed by atoms with Crippen molar-refractivity contribution in [2.45, 2.75) is 6.42 Å². The molecule has 3 rings (SSSR count). The Balaban J connectivity index is 1.82. The number of nitrogens with zero attached hydrogens (tertiary/aromatic N) is 2. The largest absolute Gasteiger partial charge is 0.419 e. The summed E-state index contributed by atoms with van der Waals surface area (Å²) in [4.78, 5) is 23.3. The zero-order valence-corrected chi connectivity index (χ0v) is 13.5. The SMILES string of the molecule is O=C(Oc1ccc([N+](=O)[O-])cc1)N1CCc2c1cc(F)c(Br)c2F. The lowest BCUT2D eigenvalue weighted by Crippen LogP contribution is -2.31. The van der Waals surface area contributed by atoms with Crippen LogP contribution in [0.4, 0.5) is 25.0 Å². The molecule has 0 saturated carbocycles. The molecule has 0 aromatic heterocycles. The number of carbonyl (C=O) groups is 1. The van der Waals surface area contributed by atoms with Crippen LogP contribution in [0, 0.1) is 21.7 Å². The third-order valence-corrected chi connectivity index (χ3v) is 4.32. The van der Waals surface area contributed by atoms with Gasteiger partial charge >= 0.3 is 6.09 Å². The van der Waals surface area contributed by atoms with Gasteiger partial charge in [-0.05, 0) is 40.5 Å². The molecule has 9 heteroatoms. The molecule has 0 aliphatic carbocycles. The monoisotopic (exact) mass is 398 g/mol. The highest BCUT2D eigenvalue weighted by Gasteiger charge is 2.31. The van der Waals surface area contributed by atoms with E-state index in [0.29, 0.717) is 0 Å². The summed E-state index contributed by atoms with van der Waals surface area (Å²) >= 11 is 2.82. The van der Waals surface area contributed by atoms with E-state index in [4.69, 9.17) is 4.74 Å². The second kappa shape index (κ2) is 6.16. The second-order valence-electron chi connectivity index (χ2n) is 5.00. The number of anilines is 1. The molecule has 2 aromatic carbocycles. The fraction of sp³-hybridized carbons (Fsp3) is 0.133. The number of rotatable bonds is 2. The van der Waals surface area contributed by atoms with Crippen LogP contribution in [0.15, 0.2) is 34.8 Å². The number of ether oxygens (including phenoxy) is 1. The molecule has 0 radical (unpaired) electrons. The molecular weight excluding hydrogens is 390 g/mol. The van der Waals surface area contributed by atoms with E-state index in [2.05, 4.69) is 15.9 Å². The van der Waals surface area contributed by atoms with E-state index >= 15 is 0 Å². The first-order chi connectivity index (χ1) is 11.4. The number of benzene rings is 2. The fourth-order valence-electron chi connectivity index (χ4n) is 2.42. The Hall–Kier alpha value is -2.55. The number of halogens is 3. The number of fused-ring (bicyclic) bond motifs is 1. The van der Waals surface area contributed by atoms with E-state index in [-0.39, 0.29) is 40.1 Å². The van der Waals surface area contributed by atoms with Gasteiger partial charge in [-0.25, -0.2) is 13.6 Å². The van der Waals surface area contributed by atoms with Crippen LogP contribution in [-0.4, -0.2) is 17.6 Å². The molecule has 24 heavy (non-hydrogen) atoms. The summed E-state index contributed by atoms with van der Waals surface area (Å²) in [6.45, 7) is 0.147. The van der Waals surface area contributed by atoms with Gasteiger partial charge in [-0.1, -0.05) is 0 Å². The van der Waals surface area contributed by atoms with Gasteiger partial charge in [0.1, 0.15) is 17.4 Å². The van der Waals surface area contributed by atoms with Gasteiger partial charge < -0.3 is 4.74 Å². The maximum atomic E-state index is 14.0. The van der Waals surface area contributed by atoms with Crippen LogP contribution in [-0.2, 0) is 6.42 Å². The highest BCUT2D eigenvalue weighted by atomic mass is 79.9. The van der Waals surface area contributed by atoms with Crippen molar-refractivity contribution >= 4 is 33.4 Å². The Kier molecular flexibility index (Phi) is 4.18. The number of hydrogen-bond acceptors (Lipinski definition) is 4. The molecule has 1 amide bonds. The van der Waals surface area contributed by atoms with Crippen molar-refractivity contribution in [2.75, 3.05) is 11.4 Å². The minimum Gasteiger partial charge on any atom is -0.410 e. The number of hydrogen-bond donors (Lipinski definition) is 0. The molecule has 0 fully saturated rings. The van der Waals surface area contributed by atoms with Gasteiger partial charge in [0.2, 0.25) is 0 Å². The summed E-state index contributed by atoms with van der Waals surface area (Å²) in [7, 11) is 0. The van der Waals surface area contributed by atoms with Gasteiger partial charge in [-0.15, -0.1) is 0 Å². The van der Waals surface area contributed by atoms with E-state index in [0.717, 1.165) is 11.0 Å². The maximum absolute atomic E-state index is 14.0. The van der Waals surface area contributed by atoms with Crippen molar-refractivity contribution in [3.8, 4) is 5.75 Å². The van der Waals surface area contributed by atoms with Crippen molar-refractivity contribution < 1.29 is 23.2 Å². The second-order valence-corrected chi connectivity index (χ2v) is 5.80. The van der Waals surface area contributed by atoms with Crippen LogP contribution in [0.5, 0.6) is 5.75 Å². The summed E-state index contributed by atoms with van der Waals surface area (Å²) in [6.07, 6.45) is -0.584. The van der Waals surface area contributed by atoms with E-state index in [9.17, 15) is 23.7 Å². The standard InChI is InChI=1S/C15H9BrF2N2O4/c16-13-11(17)7-12-10(14(13)18)5-6-19(12)15(21)24-9-3-1-8(2-4-9)20(22)23/h1-4,7H,5-6H2. The van der Waals surface area contributed by atoms with Crippen LogP contribution < -0.4 is 9.64 Å². The minimum absolute atomic E-state index is 0.0945. The molecule has 0 bridgehead atoms. The molecule has 124 valence electrons. The van der Waals surface area contributed by atoms with Crippen LogP contribution in [0.3, 0.4) is 0 Å². The predicted octanol–water partition coefficient (Wildman–Crippen LogP) is 4.20. The molecule has 1 aliphatic rings. The zero-order valence-electron chi connectivity index (χ0n) is 12.0. The average molecular weight is 399 g/mol. The molecule has 0 atom stereocenters. The number of amides is 1. The third kappa shape index (κ3) is 2.82. The first kappa shape index (κ1) is 16.3. The minimum atomic E-state index is -0.818. The van der Waals surface area contributed by atoms with Crippen molar-refractivity contribution in [2.24, 2.45) is 0 Å². The first-order valence-electron chi connectivity index (χ1n) is 6.78. The van der Waals surface area contributed by atoms with Gasteiger partial charge in [-0.3, -0.25) is 15.0 Å². The average Bonchev–Trinajstić information content (AvgIpc) is 2.97. The lowest BCUT2D eigenvalue weighted by Gasteiger charge is -2.17. The maximum Gasteiger partial charge on any atom is 0.419 e. The van der Waals surface area contributed by atoms with Gasteiger partial charge in [0.15, 0.2) is 0 Å². The Morgan fingerprint density at radius 2 is 1.96 bits per heavy atom. The van der Waals surface area contributed by atoms with Gasteiger partial charge in [0.05, 0.1) is 15.1 Å². The zero-order chi connectivity index (χ0) is 17.4. The molecule has 6 nitrogen and oxygen atoms in total. The van der Waals surface area contributed by atoms with Gasteiger partial charge in [0, 0.05) is 24.2 Å². The van der Waals surface area contributed by atoms with Gasteiger partial charge in [-0.2, -0.15) is 0 Å². The summed E-state index contributed by atoms with van der Waals surface area (Å²) in [6, 6.07) is 5.99. The normalized spacial score (nSPS) is 12.9. The molecule has 2 aromatic rings. The summed E-state index contributed by atoms with van der Waals surface area (Å²) in [5.41, 5.74) is 0.194. The van der Waals surface area contributed by atoms with Crippen molar-refractivity contribution in [1.29, 1.82) is 0 Å². The highest BCUT2D eigenvalue weighted by molar-refractivity contribution is 9.10. The quantitative estimate of drug-likeness (QED) is 0.431. The van der Waals surface area contributed by atoms with Crippen LogP contribution in [0.2, 0.25) is 0 Å². The Labute approximate surface area is 142 Å². The van der Waals surface area contributed by atoms with Crippen molar-refractivity contribution in [3.63, 3.8) is 0 Å². The number of nitro benzene ring substituents is 1. The van der Waals surface area contributed by atoms with Crippen LogP contribution in [0.25, 0.3) is 0 Å². The highest BCUT2D eigenvalue weighted by Crippen LogP contribution is 2.36. The number of nitro groups is 1. The third-order valence-electron chi connectivity index (χ3n) is 3.59.